The Kier molecular flexibility index (Phi) is 7.40. The van der Waals surface area contributed by atoms with Gasteiger partial charge in [-0.05, 0) is 66.9 Å². The lowest BCUT2D eigenvalue weighted by Crippen LogP contribution is -2.39. The standard InChI is InChI=1S/C32H30F2N4O5S/c1-35-31(39)29-23-14-21(19-6-5-13-38(17-19)32(40)26-15-22-24(34)7-4-8-25(22)36-26)27(37(2)44(3,41)42)16-28(23)43-30(29)18-9-11-20(33)12-10-18/h4,7-12,14-16,19,36H,5-6,13,17H2,1-3H3,(H,35,39)/t19-/m0/s1. The third kappa shape index (κ3) is 5.19. The van der Waals surface area contributed by atoms with Crippen LogP contribution in [0.1, 0.15) is 45.2 Å². The van der Waals surface area contributed by atoms with Gasteiger partial charge in [-0.3, -0.25) is 13.9 Å². The second-order valence-corrected chi connectivity index (χ2v) is 13.0. The fraction of sp³-hybridized carbons (Fsp3) is 0.250. The van der Waals surface area contributed by atoms with E-state index in [0.717, 1.165) is 10.6 Å². The molecule has 1 saturated heterocycles. The van der Waals surface area contributed by atoms with E-state index in [4.69, 9.17) is 4.42 Å². The number of H-pyrrole nitrogens is 1. The first-order chi connectivity index (χ1) is 21.0. The van der Waals surface area contributed by atoms with Crippen molar-refractivity contribution in [1.29, 1.82) is 0 Å². The summed E-state index contributed by atoms with van der Waals surface area (Å²) < 4.78 is 60.8. The zero-order valence-electron chi connectivity index (χ0n) is 24.3. The van der Waals surface area contributed by atoms with Crippen molar-refractivity contribution in [3.05, 3.63) is 89.1 Å². The topological polar surface area (TPSA) is 116 Å². The molecule has 9 nitrogen and oxygen atoms in total. The molecule has 2 aromatic heterocycles. The largest absolute Gasteiger partial charge is 0.455 e. The minimum atomic E-state index is -3.71. The van der Waals surface area contributed by atoms with Gasteiger partial charge >= 0.3 is 0 Å². The number of piperidine rings is 1. The fourth-order valence-corrected chi connectivity index (χ4v) is 6.42. The highest BCUT2D eigenvalue weighted by Crippen LogP contribution is 2.42. The molecule has 1 aliphatic heterocycles. The van der Waals surface area contributed by atoms with E-state index in [-0.39, 0.29) is 41.0 Å². The highest BCUT2D eigenvalue weighted by molar-refractivity contribution is 7.92. The maximum atomic E-state index is 14.3. The molecule has 0 aliphatic carbocycles. The average molecular weight is 621 g/mol. The van der Waals surface area contributed by atoms with Crippen molar-refractivity contribution in [3.63, 3.8) is 0 Å². The van der Waals surface area contributed by atoms with Crippen molar-refractivity contribution in [3.8, 4) is 11.3 Å². The summed E-state index contributed by atoms with van der Waals surface area (Å²) in [4.78, 5) is 31.4. The molecule has 3 heterocycles. The number of benzene rings is 3. The van der Waals surface area contributed by atoms with E-state index >= 15 is 0 Å². The Labute approximate surface area is 252 Å². The highest BCUT2D eigenvalue weighted by atomic mass is 32.2. The fourth-order valence-electron chi connectivity index (χ4n) is 5.90. The van der Waals surface area contributed by atoms with Crippen LogP contribution in [-0.2, 0) is 10.0 Å². The zero-order chi connectivity index (χ0) is 31.3. The molecule has 6 rings (SSSR count). The molecule has 0 saturated carbocycles. The van der Waals surface area contributed by atoms with Gasteiger partial charge in [0.1, 0.15) is 28.7 Å². The van der Waals surface area contributed by atoms with Crippen LogP contribution in [0, 0.1) is 11.6 Å². The Balaban J connectivity index is 1.46. The molecular weight excluding hydrogens is 590 g/mol. The van der Waals surface area contributed by atoms with Crippen LogP contribution in [0.15, 0.2) is 65.1 Å². The molecule has 0 unspecified atom stereocenters. The van der Waals surface area contributed by atoms with Crippen LogP contribution in [0.25, 0.3) is 33.2 Å². The molecule has 0 bridgehead atoms. The maximum Gasteiger partial charge on any atom is 0.270 e. The molecular formula is C32H30F2N4O5S. The zero-order valence-corrected chi connectivity index (χ0v) is 25.1. The van der Waals surface area contributed by atoms with Crippen molar-refractivity contribution >= 4 is 49.4 Å². The van der Waals surface area contributed by atoms with Gasteiger partial charge in [-0.15, -0.1) is 0 Å². The number of hydrogen-bond donors (Lipinski definition) is 2. The number of likely N-dealkylation sites (tertiary alicyclic amines) is 1. The molecule has 0 spiro atoms. The summed E-state index contributed by atoms with van der Waals surface area (Å²) in [5.74, 6) is -1.67. The monoisotopic (exact) mass is 620 g/mol. The number of amides is 2. The van der Waals surface area contributed by atoms with E-state index in [1.165, 1.54) is 50.5 Å². The summed E-state index contributed by atoms with van der Waals surface area (Å²) in [5, 5.41) is 3.42. The Morgan fingerprint density at radius 3 is 2.50 bits per heavy atom. The number of nitrogens with one attached hydrogen (secondary N) is 2. The number of aromatic amines is 1. The van der Waals surface area contributed by atoms with Crippen molar-refractivity contribution in [2.24, 2.45) is 0 Å². The van der Waals surface area contributed by atoms with Gasteiger partial charge < -0.3 is 19.6 Å². The van der Waals surface area contributed by atoms with Gasteiger partial charge in [0.15, 0.2) is 0 Å². The van der Waals surface area contributed by atoms with Gasteiger partial charge in [-0.2, -0.15) is 0 Å². The number of rotatable bonds is 6. The molecule has 1 aliphatic rings. The van der Waals surface area contributed by atoms with Gasteiger partial charge in [-0.25, -0.2) is 17.2 Å². The van der Waals surface area contributed by atoms with Crippen LogP contribution in [0.3, 0.4) is 0 Å². The van der Waals surface area contributed by atoms with Crippen molar-refractivity contribution in [1.82, 2.24) is 15.2 Å². The number of aromatic nitrogens is 1. The SMILES string of the molecule is CNC(=O)c1c(-c2ccc(F)cc2)oc2cc(N(C)S(C)(=O)=O)c([C@H]3CCCN(C(=O)c4cc5c(F)cccc5[nH]4)C3)cc12. The lowest BCUT2D eigenvalue weighted by atomic mass is 9.88. The maximum absolute atomic E-state index is 14.3. The second kappa shape index (κ2) is 11.1. The number of furan rings is 1. The Morgan fingerprint density at radius 2 is 1.82 bits per heavy atom. The summed E-state index contributed by atoms with van der Waals surface area (Å²) in [6.45, 7) is 0.737. The lowest BCUT2D eigenvalue weighted by molar-refractivity contribution is 0.0702. The normalized spacial score (nSPS) is 15.6. The van der Waals surface area contributed by atoms with Gasteiger partial charge in [0.25, 0.3) is 11.8 Å². The molecule has 1 fully saturated rings. The van der Waals surface area contributed by atoms with Crippen LogP contribution in [0.5, 0.6) is 0 Å². The van der Waals surface area contributed by atoms with Crippen molar-refractivity contribution < 1.29 is 31.2 Å². The number of carbonyl (C=O) groups excluding carboxylic acids is 2. The van der Waals surface area contributed by atoms with E-state index < -0.39 is 27.6 Å². The van der Waals surface area contributed by atoms with Crippen LogP contribution < -0.4 is 9.62 Å². The van der Waals surface area contributed by atoms with E-state index in [1.54, 1.807) is 29.2 Å². The molecule has 5 aromatic rings. The molecule has 2 N–H and O–H groups in total. The molecule has 0 radical (unpaired) electrons. The van der Waals surface area contributed by atoms with Crippen LogP contribution >= 0.6 is 0 Å². The number of nitrogens with zero attached hydrogens (tertiary/aromatic N) is 2. The van der Waals surface area contributed by atoms with Gasteiger partial charge in [0.05, 0.1) is 17.5 Å². The van der Waals surface area contributed by atoms with Crippen molar-refractivity contribution in [2.75, 3.05) is 37.7 Å². The Bertz CT molecular complexity index is 2040. The van der Waals surface area contributed by atoms with Gasteiger partial charge in [0.2, 0.25) is 10.0 Å². The van der Waals surface area contributed by atoms with E-state index in [9.17, 15) is 26.8 Å². The number of halogens is 2. The van der Waals surface area contributed by atoms with Crippen LogP contribution in [-0.4, -0.2) is 63.6 Å². The van der Waals surface area contributed by atoms with Gasteiger partial charge in [0, 0.05) is 61.0 Å². The predicted molar refractivity (Wildman–Crippen MR) is 164 cm³/mol. The van der Waals surface area contributed by atoms with E-state index in [2.05, 4.69) is 10.3 Å². The number of carbonyl (C=O) groups is 2. The quantitative estimate of drug-likeness (QED) is 0.255. The summed E-state index contributed by atoms with van der Waals surface area (Å²) in [7, 11) is -0.781. The number of anilines is 1. The first kappa shape index (κ1) is 29.4. The Morgan fingerprint density at radius 1 is 1.07 bits per heavy atom. The molecule has 44 heavy (non-hydrogen) atoms. The van der Waals surface area contributed by atoms with Gasteiger partial charge in [-0.1, -0.05) is 6.07 Å². The third-order valence-electron chi connectivity index (χ3n) is 8.22. The van der Waals surface area contributed by atoms with E-state index in [1.807, 2.05) is 0 Å². The van der Waals surface area contributed by atoms with Crippen LogP contribution in [0.4, 0.5) is 14.5 Å². The lowest BCUT2D eigenvalue weighted by Gasteiger charge is -2.34. The molecule has 1 atom stereocenters. The first-order valence-electron chi connectivity index (χ1n) is 14.0. The minimum absolute atomic E-state index is 0.218. The average Bonchev–Trinajstić information content (AvgIpc) is 3.62. The van der Waals surface area contributed by atoms with Crippen molar-refractivity contribution in [2.45, 2.75) is 18.8 Å². The highest BCUT2D eigenvalue weighted by Gasteiger charge is 2.32. The number of fused-ring (bicyclic) bond motifs is 2. The molecule has 3 aromatic carbocycles. The summed E-state index contributed by atoms with van der Waals surface area (Å²) in [5.41, 5.74) is 2.74. The smallest absolute Gasteiger partial charge is 0.270 e. The molecule has 12 heteroatoms. The third-order valence-corrected chi connectivity index (χ3v) is 9.42. The summed E-state index contributed by atoms with van der Waals surface area (Å²) in [6, 6.07) is 15.0. The summed E-state index contributed by atoms with van der Waals surface area (Å²) in [6.07, 6.45) is 2.38. The van der Waals surface area contributed by atoms with E-state index in [0.29, 0.717) is 52.5 Å². The summed E-state index contributed by atoms with van der Waals surface area (Å²) >= 11 is 0. The van der Waals surface area contributed by atoms with Crippen LogP contribution in [0.2, 0.25) is 0 Å². The first-order valence-corrected chi connectivity index (χ1v) is 15.9. The number of sulfonamides is 1. The Hall–Kier alpha value is -4.71. The molecule has 228 valence electrons. The molecule has 2 amide bonds. The predicted octanol–water partition coefficient (Wildman–Crippen LogP) is 5.63. The number of hydrogen-bond acceptors (Lipinski definition) is 5. The second-order valence-electron chi connectivity index (χ2n) is 11.0. The minimum Gasteiger partial charge on any atom is -0.455 e.